The molecule has 0 spiro atoms. The van der Waals surface area contributed by atoms with Crippen LogP contribution in [0.1, 0.15) is 24.1 Å². The third kappa shape index (κ3) is 4.13. The average Bonchev–Trinajstić information content (AvgIpc) is 2.45. The summed E-state index contributed by atoms with van der Waals surface area (Å²) in [5.74, 6) is 1.50. The molecule has 0 aliphatic carbocycles. The van der Waals surface area contributed by atoms with Gasteiger partial charge in [-0.05, 0) is 37.3 Å². The molecule has 0 fully saturated rings. The van der Waals surface area contributed by atoms with Crippen LogP contribution in [0.4, 0.5) is 0 Å². The molecule has 5 heteroatoms. The Kier molecular flexibility index (Phi) is 5.51. The van der Waals surface area contributed by atoms with Crippen LogP contribution in [0.15, 0.2) is 40.9 Å². The van der Waals surface area contributed by atoms with Crippen molar-refractivity contribution in [3.05, 3.63) is 57.0 Å². The van der Waals surface area contributed by atoms with Crippen LogP contribution in [0.25, 0.3) is 0 Å². The minimum Gasteiger partial charge on any atom is -0.496 e. The predicted octanol–water partition coefficient (Wildman–Crippen LogP) is 4.71. The first-order valence-electron chi connectivity index (χ1n) is 6.51. The summed E-state index contributed by atoms with van der Waals surface area (Å²) >= 11 is 9.47. The molecule has 2 N–H and O–H groups in total. The van der Waals surface area contributed by atoms with Gasteiger partial charge < -0.3 is 15.2 Å². The Morgan fingerprint density at radius 2 is 1.95 bits per heavy atom. The van der Waals surface area contributed by atoms with Crippen LogP contribution in [0.5, 0.6) is 11.5 Å². The minimum atomic E-state index is -0.102. The van der Waals surface area contributed by atoms with E-state index in [1.165, 1.54) is 0 Å². The molecule has 0 radical (unpaired) electrons. The Hall–Kier alpha value is -1.23. The Morgan fingerprint density at radius 1 is 1.19 bits per heavy atom. The lowest BCUT2D eigenvalue weighted by Gasteiger charge is -2.16. The first kappa shape index (κ1) is 16.1. The summed E-state index contributed by atoms with van der Waals surface area (Å²) in [7, 11) is 1.62. The number of benzene rings is 2. The average molecular weight is 371 g/mol. The second kappa shape index (κ2) is 7.16. The Balaban J connectivity index is 2.24. The maximum atomic E-state index is 6.02. The monoisotopic (exact) mass is 369 g/mol. The normalized spacial score (nSPS) is 12.0. The lowest BCUT2D eigenvalue weighted by molar-refractivity contribution is 0.292. The first-order chi connectivity index (χ1) is 10.0. The molecule has 1 atom stereocenters. The Bertz CT molecular complexity index is 632. The van der Waals surface area contributed by atoms with E-state index in [2.05, 4.69) is 15.9 Å². The van der Waals surface area contributed by atoms with Gasteiger partial charge in [-0.2, -0.15) is 0 Å². The molecule has 21 heavy (non-hydrogen) atoms. The Morgan fingerprint density at radius 3 is 2.62 bits per heavy atom. The lowest BCUT2D eigenvalue weighted by Crippen LogP contribution is -2.08. The predicted molar refractivity (Wildman–Crippen MR) is 89.1 cm³/mol. The lowest BCUT2D eigenvalue weighted by atomic mass is 10.1. The molecule has 0 heterocycles. The van der Waals surface area contributed by atoms with E-state index in [1.54, 1.807) is 13.2 Å². The van der Waals surface area contributed by atoms with Crippen molar-refractivity contribution in [2.75, 3.05) is 7.11 Å². The molecule has 2 aromatic carbocycles. The fraction of sp³-hybridized carbons (Fsp3) is 0.250. The van der Waals surface area contributed by atoms with Crippen LogP contribution < -0.4 is 15.2 Å². The largest absolute Gasteiger partial charge is 0.496 e. The third-order valence-corrected chi connectivity index (χ3v) is 3.82. The van der Waals surface area contributed by atoms with Gasteiger partial charge in [0.2, 0.25) is 0 Å². The molecule has 3 nitrogen and oxygen atoms in total. The maximum Gasteiger partial charge on any atom is 0.125 e. The molecule has 0 aliphatic rings. The number of nitrogens with two attached hydrogens (primary N) is 1. The highest BCUT2D eigenvalue weighted by Gasteiger charge is 2.11. The molecule has 0 aromatic heterocycles. The van der Waals surface area contributed by atoms with Crippen molar-refractivity contribution >= 4 is 27.5 Å². The van der Waals surface area contributed by atoms with Gasteiger partial charge in [-0.3, -0.25) is 0 Å². The van der Waals surface area contributed by atoms with Gasteiger partial charge in [0.25, 0.3) is 0 Å². The smallest absolute Gasteiger partial charge is 0.125 e. The van der Waals surface area contributed by atoms with Crippen molar-refractivity contribution in [2.24, 2.45) is 5.73 Å². The highest BCUT2D eigenvalue weighted by molar-refractivity contribution is 9.10. The van der Waals surface area contributed by atoms with Crippen LogP contribution in [0, 0.1) is 0 Å². The van der Waals surface area contributed by atoms with E-state index in [-0.39, 0.29) is 6.04 Å². The topological polar surface area (TPSA) is 44.5 Å². The van der Waals surface area contributed by atoms with E-state index in [9.17, 15) is 0 Å². The zero-order valence-corrected chi connectivity index (χ0v) is 14.2. The zero-order chi connectivity index (χ0) is 15.4. The summed E-state index contributed by atoms with van der Waals surface area (Å²) in [4.78, 5) is 0. The van der Waals surface area contributed by atoms with E-state index in [0.29, 0.717) is 11.6 Å². The molecule has 0 unspecified atom stereocenters. The summed E-state index contributed by atoms with van der Waals surface area (Å²) in [5.41, 5.74) is 7.82. The van der Waals surface area contributed by atoms with E-state index in [1.807, 2.05) is 37.3 Å². The molecular weight excluding hydrogens is 354 g/mol. The van der Waals surface area contributed by atoms with E-state index in [4.69, 9.17) is 26.8 Å². The van der Waals surface area contributed by atoms with Crippen molar-refractivity contribution in [1.82, 2.24) is 0 Å². The van der Waals surface area contributed by atoms with Crippen LogP contribution >= 0.6 is 27.5 Å². The van der Waals surface area contributed by atoms with E-state index in [0.717, 1.165) is 27.1 Å². The molecule has 0 aliphatic heterocycles. The maximum absolute atomic E-state index is 6.02. The number of ether oxygens (including phenoxy) is 2. The molecule has 0 bridgehead atoms. The van der Waals surface area contributed by atoms with Crippen LogP contribution in [0.2, 0.25) is 5.02 Å². The highest BCUT2D eigenvalue weighted by atomic mass is 79.9. The summed E-state index contributed by atoms with van der Waals surface area (Å²) < 4.78 is 12.2. The second-order valence-corrected chi connectivity index (χ2v) is 6.07. The quantitative estimate of drug-likeness (QED) is 0.829. The molecule has 0 amide bonds. The van der Waals surface area contributed by atoms with Crippen molar-refractivity contribution in [1.29, 1.82) is 0 Å². The van der Waals surface area contributed by atoms with Gasteiger partial charge in [0.15, 0.2) is 0 Å². The van der Waals surface area contributed by atoms with Crippen molar-refractivity contribution < 1.29 is 9.47 Å². The SMILES string of the molecule is COc1ccc(Cl)cc1COc1cc(Br)ccc1[C@H](C)N. The van der Waals surface area contributed by atoms with Gasteiger partial charge in [-0.15, -0.1) is 0 Å². The molecular formula is C16H17BrClNO2. The number of hydrogen-bond donors (Lipinski definition) is 1. The van der Waals surface area contributed by atoms with Gasteiger partial charge in [0.1, 0.15) is 18.1 Å². The summed E-state index contributed by atoms with van der Waals surface area (Å²) in [6, 6.07) is 11.2. The van der Waals surface area contributed by atoms with Crippen LogP contribution in [0.3, 0.4) is 0 Å². The molecule has 2 aromatic rings. The van der Waals surface area contributed by atoms with Crippen molar-refractivity contribution in [3.8, 4) is 11.5 Å². The molecule has 112 valence electrons. The number of halogens is 2. The van der Waals surface area contributed by atoms with E-state index < -0.39 is 0 Å². The summed E-state index contributed by atoms with van der Waals surface area (Å²) in [6.45, 7) is 2.29. The number of rotatable bonds is 5. The van der Waals surface area contributed by atoms with Crippen LogP contribution in [-0.4, -0.2) is 7.11 Å². The fourth-order valence-electron chi connectivity index (χ4n) is 2.02. The standard InChI is InChI=1S/C16H17BrClNO2/c1-10(19)14-5-3-12(17)8-16(14)21-9-11-7-13(18)4-6-15(11)20-2/h3-8,10H,9,19H2,1-2H3/t10-/m0/s1. The third-order valence-electron chi connectivity index (χ3n) is 3.09. The number of hydrogen-bond acceptors (Lipinski definition) is 3. The second-order valence-electron chi connectivity index (χ2n) is 4.72. The van der Waals surface area contributed by atoms with Gasteiger partial charge >= 0.3 is 0 Å². The van der Waals surface area contributed by atoms with Crippen LogP contribution in [-0.2, 0) is 6.61 Å². The van der Waals surface area contributed by atoms with Crippen molar-refractivity contribution in [2.45, 2.75) is 19.6 Å². The number of methoxy groups -OCH3 is 1. The molecule has 0 saturated heterocycles. The molecule has 0 saturated carbocycles. The van der Waals surface area contributed by atoms with E-state index >= 15 is 0 Å². The fourth-order valence-corrected chi connectivity index (χ4v) is 2.56. The van der Waals surface area contributed by atoms with Gasteiger partial charge in [-0.1, -0.05) is 33.6 Å². The highest BCUT2D eigenvalue weighted by Crippen LogP contribution is 2.30. The Labute approximate surface area is 138 Å². The zero-order valence-electron chi connectivity index (χ0n) is 11.9. The summed E-state index contributed by atoms with van der Waals surface area (Å²) in [6.07, 6.45) is 0. The van der Waals surface area contributed by atoms with Crippen molar-refractivity contribution in [3.63, 3.8) is 0 Å². The first-order valence-corrected chi connectivity index (χ1v) is 7.68. The molecule has 2 rings (SSSR count). The summed E-state index contributed by atoms with van der Waals surface area (Å²) in [5, 5.41) is 0.649. The minimum absolute atomic E-state index is 0.102. The van der Waals surface area contributed by atoms with Gasteiger partial charge in [-0.25, -0.2) is 0 Å². The van der Waals surface area contributed by atoms with Gasteiger partial charge in [0.05, 0.1) is 7.11 Å². The van der Waals surface area contributed by atoms with Gasteiger partial charge in [0, 0.05) is 26.7 Å².